The van der Waals surface area contributed by atoms with E-state index in [-0.39, 0.29) is 5.91 Å². The van der Waals surface area contributed by atoms with Gasteiger partial charge in [-0.25, -0.2) is 4.79 Å². The maximum atomic E-state index is 12.0. The van der Waals surface area contributed by atoms with Gasteiger partial charge in [0.25, 0.3) is 5.91 Å². The van der Waals surface area contributed by atoms with Crippen molar-refractivity contribution in [1.29, 1.82) is 0 Å². The van der Waals surface area contributed by atoms with Gasteiger partial charge < -0.3 is 10.1 Å². The zero-order valence-corrected chi connectivity index (χ0v) is 15.1. The molecule has 0 unspecified atom stereocenters. The summed E-state index contributed by atoms with van der Waals surface area (Å²) in [6, 6.07) is 17.6. The number of nitrogens with one attached hydrogen (secondary N) is 1. The van der Waals surface area contributed by atoms with Gasteiger partial charge in [0.1, 0.15) is 0 Å². The molecule has 0 heterocycles. The molecule has 2 aromatic rings. The number of carbonyl (C=O) groups is 2. The molecule has 2 aromatic carbocycles. The minimum Gasteiger partial charge on any atom is -0.449 e. The topological polar surface area (TPSA) is 55.4 Å². The van der Waals surface area contributed by atoms with Crippen molar-refractivity contribution < 1.29 is 14.3 Å². The molecule has 1 amide bonds. The minimum atomic E-state index is -0.843. The predicted octanol–water partition coefficient (Wildman–Crippen LogP) is 3.85. The highest BCUT2D eigenvalue weighted by molar-refractivity contribution is 8.02. The highest BCUT2D eigenvalue weighted by Crippen LogP contribution is 2.17. The van der Waals surface area contributed by atoms with Crippen molar-refractivity contribution in [3.05, 3.63) is 77.2 Å². The number of hydrogen-bond donors (Lipinski definition) is 1. The van der Waals surface area contributed by atoms with Crippen LogP contribution in [-0.4, -0.2) is 18.0 Å². The number of rotatable bonds is 7. The van der Waals surface area contributed by atoms with Gasteiger partial charge in [-0.15, -0.1) is 0 Å². The third-order valence-electron chi connectivity index (χ3n) is 3.40. The van der Waals surface area contributed by atoms with Gasteiger partial charge in [-0.2, -0.15) is 0 Å². The zero-order valence-electron chi connectivity index (χ0n) is 14.3. The molecule has 0 fully saturated rings. The lowest BCUT2D eigenvalue weighted by atomic mass is 10.1. The van der Waals surface area contributed by atoms with Gasteiger partial charge >= 0.3 is 5.97 Å². The van der Waals surface area contributed by atoms with Crippen molar-refractivity contribution in [3.8, 4) is 0 Å². The number of aryl methyl sites for hydroxylation is 1. The summed E-state index contributed by atoms with van der Waals surface area (Å²) in [4.78, 5) is 24.8. The summed E-state index contributed by atoms with van der Waals surface area (Å²) in [5, 5.41) is 4.41. The van der Waals surface area contributed by atoms with Crippen molar-refractivity contribution in [2.45, 2.75) is 31.4 Å². The molecule has 0 bridgehead atoms. The van der Waals surface area contributed by atoms with Crippen molar-refractivity contribution in [2.24, 2.45) is 0 Å². The second-order valence-electron chi connectivity index (χ2n) is 5.52. The maximum Gasteiger partial charge on any atom is 0.332 e. The van der Waals surface area contributed by atoms with Crippen LogP contribution in [0.25, 0.3) is 0 Å². The Morgan fingerprint density at radius 2 is 1.80 bits per heavy atom. The standard InChI is InChI=1S/C20H21NO3S/c1-15-8-10-17(11-9-15)14-21-20(23)16(2)24-19(22)12-13-25-18-6-4-3-5-7-18/h3-13,16H,14H2,1-2H3,(H,21,23)/b13-12+/t16-/m1/s1. The lowest BCUT2D eigenvalue weighted by Crippen LogP contribution is -2.35. The van der Waals surface area contributed by atoms with Gasteiger partial charge in [0.2, 0.25) is 0 Å². The molecule has 1 N–H and O–H groups in total. The summed E-state index contributed by atoms with van der Waals surface area (Å²) >= 11 is 1.41. The molecule has 130 valence electrons. The van der Waals surface area contributed by atoms with E-state index in [4.69, 9.17) is 4.74 Å². The van der Waals surface area contributed by atoms with Crippen LogP contribution in [0.5, 0.6) is 0 Å². The second-order valence-corrected chi connectivity index (χ2v) is 6.50. The van der Waals surface area contributed by atoms with E-state index in [1.165, 1.54) is 17.8 Å². The first-order valence-electron chi connectivity index (χ1n) is 7.97. The molecule has 0 aliphatic rings. The summed E-state index contributed by atoms with van der Waals surface area (Å²) in [5.41, 5.74) is 2.16. The number of ether oxygens (including phenoxy) is 1. The Morgan fingerprint density at radius 1 is 1.12 bits per heavy atom. The van der Waals surface area contributed by atoms with E-state index in [2.05, 4.69) is 5.32 Å². The number of carbonyl (C=O) groups excluding carboxylic acids is 2. The first kappa shape index (κ1) is 18.8. The molecule has 5 heteroatoms. The molecule has 0 radical (unpaired) electrons. The van der Waals surface area contributed by atoms with Crippen LogP contribution >= 0.6 is 11.8 Å². The zero-order chi connectivity index (χ0) is 18.1. The molecule has 25 heavy (non-hydrogen) atoms. The van der Waals surface area contributed by atoms with Gasteiger partial charge in [-0.1, -0.05) is 59.8 Å². The summed E-state index contributed by atoms with van der Waals surface area (Å²) in [6.45, 7) is 3.97. The van der Waals surface area contributed by atoms with E-state index < -0.39 is 12.1 Å². The maximum absolute atomic E-state index is 12.0. The molecule has 0 saturated heterocycles. The van der Waals surface area contributed by atoms with E-state index >= 15 is 0 Å². The molecule has 4 nitrogen and oxygen atoms in total. The molecular formula is C20H21NO3S. The van der Waals surface area contributed by atoms with Crippen molar-refractivity contribution >= 4 is 23.6 Å². The normalized spacial score (nSPS) is 11.9. The number of hydrogen-bond acceptors (Lipinski definition) is 4. The Labute approximate surface area is 152 Å². The van der Waals surface area contributed by atoms with Crippen molar-refractivity contribution in [2.75, 3.05) is 0 Å². The molecular weight excluding hydrogens is 334 g/mol. The van der Waals surface area contributed by atoms with Gasteiger partial charge in [0.15, 0.2) is 6.10 Å². The first-order valence-corrected chi connectivity index (χ1v) is 8.84. The molecule has 0 saturated carbocycles. The van der Waals surface area contributed by atoms with Gasteiger partial charge in [0.05, 0.1) is 0 Å². The summed E-state index contributed by atoms with van der Waals surface area (Å²) in [7, 11) is 0. The molecule has 0 aliphatic heterocycles. The van der Waals surface area contributed by atoms with Crippen molar-refractivity contribution in [1.82, 2.24) is 5.32 Å². The van der Waals surface area contributed by atoms with Gasteiger partial charge in [0, 0.05) is 17.5 Å². The Morgan fingerprint density at radius 3 is 2.48 bits per heavy atom. The molecule has 0 aliphatic carbocycles. The third-order valence-corrected chi connectivity index (χ3v) is 4.22. The van der Waals surface area contributed by atoms with Crippen LogP contribution in [0.3, 0.4) is 0 Å². The largest absolute Gasteiger partial charge is 0.449 e. The molecule has 0 aromatic heterocycles. The van der Waals surface area contributed by atoms with E-state index in [1.54, 1.807) is 12.3 Å². The highest BCUT2D eigenvalue weighted by atomic mass is 32.2. The van der Waals surface area contributed by atoms with Crippen molar-refractivity contribution in [3.63, 3.8) is 0 Å². The fraction of sp³-hybridized carbons (Fsp3) is 0.200. The quantitative estimate of drug-likeness (QED) is 0.466. The Balaban J connectivity index is 1.73. The smallest absolute Gasteiger partial charge is 0.332 e. The summed E-state index contributed by atoms with van der Waals surface area (Å²) in [5.74, 6) is -0.862. The minimum absolute atomic E-state index is 0.321. The van der Waals surface area contributed by atoms with Crippen LogP contribution < -0.4 is 5.32 Å². The van der Waals surface area contributed by atoms with E-state index in [9.17, 15) is 9.59 Å². The Bertz CT molecular complexity index is 726. The summed E-state index contributed by atoms with van der Waals surface area (Å²) in [6.07, 6.45) is 0.478. The lowest BCUT2D eigenvalue weighted by Gasteiger charge is -2.12. The average molecular weight is 355 g/mol. The fourth-order valence-corrected chi connectivity index (χ4v) is 2.62. The average Bonchev–Trinajstić information content (AvgIpc) is 2.61. The second kappa shape index (κ2) is 9.69. The van der Waals surface area contributed by atoms with E-state index in [0.717, 1.165) is 16.0 Å². The molecule has 0 spiro atoms. The highest BCUT2D eigenvalue weighted by Gasteiger charge is 2.15. The van der Waals surface area contributed by atoms with Crippen LogP contribution in [0.1, 0.15) is 18.1 Å². The van der Waals surface area contributed by atoms with Crippen LogP contribution in [0.2, 0.25) is 0 Å². The number of amides is 1. The van der Waals surface area contributed by atoms with Gasteiger partial charge in [-0.3, -0.25) is 4.79 Å². The van der Waals surface area contributed by atoms with Crippen LogP contribution in [0.4, 0.5) is 0 Å². The first-order chi connectivity index (χ1) is 12.0. The third kappa shape index (κ3) is 6.85. The number of benzene rings is 2. The number of esters is 1. The lowest BCUT2D eigenvalue weighted by molar-refractivity contribution is -0.150. The predicted molar refractivity (Wildman–Crippen MR) is 100 cm³/mol. The Hall–Kier alpha value is -2.53. The molecule has 2 rings (SSSR count). The van der Waals surface area contributed by atoms with Crippen LogP contribution in [0.15, 0.2) is 71.0 Å². The van der Waals surface area contributed by atoms with Gasteiger partial charge in [-0.05, 0) is 37.0 Å². The van der Waals surface area contributed by atoms with Crippen LogP contribution in [0, 0.1) is 6.92 Å². The Kier molecular flexibility index (Phi) is 7.29. The van der Waals surface area contributed by atoms with E-state index in [0.29, 0.717) is 6.54 Å². The SMILES string of the molecule is Cc1ccc(CNC(=O)[C@@H](C)OC(=O)/C=C/Sc2ccccc2)cc1. The van der Waals surface area contributed by atoms with E-state index in [1.807, 2.05) is 61.5 Å². The number of thioether (sulfide) groups is 1. The molecule has 1 atom stereocenters. The van der Waals surface area contributed by atoms with Crippen LogP contribution in [-0.2, 0) is 20.9 Å². The fourth-order valence-electron chi connectivity index (χ4n) is 1.97. The summed E-state index contributed by atoms with van der Waals surface area (Å²) < 4.78 is 5.11. The monoisotopic (exact) mass is 355 g/mol.